The van der Waals surface area contributed by atoms with Gasteiger partial charge in [-0.3, -0.25) is 0 Å². The highest BCUT2D eigenvalue weighted by Crippen LogP contribution is 2.40. The summed E-state index contributed by atoms with van der Waals surface area (Å²) in [5.74, 6) is 0. The predicted octanol–water partition coefficient (Wildman–Crippen LogP) is 2.96. The molecule has 1 fully saturated rings. The van der Waals surface area contributed by atoms with E-state index in [-0.39, 0.29) is 22.7 Å². The van der Waals surface area contributed by atoms with E-state index >= 15 is 0 Å². The van der Waals surface area contributed by atoms with E-state index in [1.165, 1.54) is 6.07 Å². The molecule has 2 nitrogen and oxygen atoms in total. The quantitative estimate of drug-likeness (QED) is 0.829. The van der Waals surface area contributed by atoms with Crippen molar-refractivity contribution in [3.63, 3.8) is 0 Å². The number of morpholine rings is 1. The van der Waals surface area contributed by atoms with Crippen LogP contribution in [0.2, 0.25) is 0 Å². The molecule has 1 heterocycles. The molecule has 1 saturated heterocycles. The molecule has 0 amide bonds. The van der Waals surface area contributed by atoms with Gasteiger partial charge in [0, 0.05) is 11.4 Å². The van der Waals surface area contributed by atoms with Gasteiger partial charge in [-0.05, 0) is 23.4 Å². The fourth-order valence-electron chi connectivity index (χ4n) is 1.75. The fraction of sp³-hybridized carbons (Fsp3) is 0.455. The zero-order valence-corrected chi connectivity index (χ0v) is 9.77. The van der Waals surface area contributed by atoms with Gasteiger partial charge in [0.2, 0.25) is 0 Å². The third kappa shape index (κ3) is 3.62. The molecular weight excluding hydrogens is 251 g/mol. The maximum atomic E-state index is 12.4. The summed E-state index contributed by atoms with van der Waals surface area (Å²) in [6.07, 6.45) is 0. The molecule has 1 aromatic carbocycles. The molecule has 1 aliphatic rings. The van der Waals surface area contributed by atoms with E-state index in [2.05, 4.69) is 5.32 Å². The second kappa shape index (κ2) is 5.29. The van der Waals surface area contributed by atoms with Gasteiger partial charge in [-0.1, -0.05) is 18.2 Å². The summed E-state index contributed by atoms with van der Waals surface area (Å²) in [4.78, 5) is 0.239. The van der Waals surface area contributed by atoms with Crippen LogP contribution in [0.15, 0.2) is 29.2 Å². The van der Waals surface area contributed by atoms with Crippen LogP contribution in [0.25, 0.3) is 0 Å². The van der Waals surface area contributed by atoms with Crippen molar-refractivity contribution >= 4 is 11.8 Å². The number of ether oxygens (including phenoxy) is 1. The second-order valence-electron chi connectivity index (χ2n) is 3.67. The summed E-state index contributed by atoms with van der Waals surface area (Å²) in [7, 11) is 0. The summed E-state index contributed by atoms with van der Waals surface area (Å²) in [5.41, 5.74) is -3.61. The van der Waals surface area contributed by atoms with Crippen LogP contribution >= 0.6 is 11.8 Å². The molecule has 1 atom stereocenters. The van der Waals surface area contributed by atoms with Crippen LogP contribution in [0.3, 0.4) is 0 Å². The lowest BCUT2D eigenvalue weighted by atomic mass is 10.1. The summed E-state index contributed by atoms with van der Waals surface area (Å²) < 4.78 is 42.5. The number of hydrogen-bond acceptors (Lipinski definition) is 3. The Kier molecular flexibility index (Phi) is 3.96. The lowest BCUT2D eigenvalue weighted by molar-refractivity contribution is -0.0328. The molecule has 2 rings (SSSR count). The highest BCUT2D eigenvalue weighted by atomic mass is 32.2. The summed E-state index contributed by atoms with van der Waals surface area (Å²) in [5, 5.41) is 3.16. The van der Waals surface area contributed by atoms with E-state index in [0.717, 1.165) is 0 Å². The zero-order chi connectivity index (χ0) is 12.3. The Bertz CT molecular complexity index is 377. The average Bonchev–Trinajstić information content (AvgIpc) is 2.29. The van der Waals surface area contributed by atoms with E-state index in [9.17, 15) is 13.2 Å². The van der Waals surface area contributed by atoms with Crippen LogP contribution in [-0.4, -0.2) is 25.3 Å². The number of benzene rings is 1. The Balaban J connectivity index is 2.20. The minimum absolute atomic E-state index is 0.0745. The number of alkyl halides is 3. The molecule has 94 valence electrons. The molecule has 0 radical (unpaired) electrons. The van der Waals surface area contributed by atoms with Crippen LogP contribution in [0.4, 0.5) is 13.2 Å². The Morgan fingerprint density at radius 3 is 2.71 bits per heavy atom. The van der Waals surface area contributed by atoms with E-state index in [4.69, 9.17) is 4.74 Å². The van der Waals surface area contributed by atoms with Crippen molar-refractivity contribution in [2.24, 2.45) is 0 Å². The fourth-order valence-corrected chi connectivity index (χ4v) is 2.48. The first-order chi connectivity index (χ1) is 8.06. The first-order valence-electron chi connectivity index (χ1n) is 5.22. The Morgan fingerprint density at radius 1 is 1.29 bits per heavy atom. The highest BCUT2D eigenvalue weighted by Gasteiger charge is 2.31. The topological polar surface area (TPSA) is 21.3 Å². The second-order valence-corrected chi connectivity index (χ2v) is 4.77. The SMILES string of the molecule is FC(F)(F)Sc1ccccc1[C@H]1COCCN1. The third-order valence-corrected chi connectivity index (χ3v) is 3.26. The number of hydrogen-bond donors (Lipinski definition) is 1. The molecule has 0 saturated carbocycles. The molecule has 0 aromatic heterocycles. The van der Waals surface area contributed by atoms with Gasteiger partial charge in [-0.2, -0.15) is 13.2 Å². The third-order valence-electron chi connectivity index (χ3n) is 2.44. The molecule has 6 heteroatoms. The van der Waals surface area contributed by atoms with Crippen LogP contribution < -0.4 is 5.32 Å². The van der Waals surface area contributed by atoms with Gasteiger partial charge in [-0.25, -0.2) is 0 Å². The predicted molar refractivity (Wildman–Crippen MR) is 59.9 cm³/mol. The van der Waals surface area contributed by atoms with Crippen molar-refractivity contribution < 1.29 is 17.9 Å². The van der Waals surface area contributed by atoms with Gasteiger partial charge in [0.1, 0.15) is 0 Å². The van der Waals surface area contributed by atoms with E-state index in [1.54, 1.807) is 18.2 Å². The van der Waals surface area contributed by atoms with E-state index in [0.29, 0.717) is 25.3 Å². The minimum Gasteiger partial charge on any atom is -0.378 e. The van der Waals surface area contributed by atoms with E-state index < -0.39 is 5.51 Å². The number of halogens is 3. The van der Waals surface area contributed by atoms with Crippen LogP contribution in [0, 0.1) is 0 Å². The maximum Gasteiger partial charge on any atom is 0.446 e. The first-order valence-corrected chi connectivity index (χ1v) is 6.04. The Labute approximate surface area is 102 Å². The van der Waals surface area contributed by atoms with Crippen LogP contribution in [-0.2, 0) is 4.74 Å². The van der Waals surface area contributed by atoms with Crippen molar-refractivity contribution in [3.05, 3.63) is 29.8 Å². The molecule has 0 spiro atoms. The zero-order valence-electron chi connectivity index (χ0n) is 8.96. The van der Waals surface area contributed by atoms with Gasteiger partial charge < -0.3 is 10.1 Å². The largest absolute Gasteiger partial charge is 0.446 e. The number of nitrogens with one attached hydrogen (secondary N) is 1. The van der Waals surface area contributed by atoms with Gasteiger partial charge in [0.05, 0.1) is 19.3 Å². The molecule has 1 aromatic rings. The standard InChI is InChI=1S/C11H12F3NOS/c12-11(13,14)17-10-4-2-1-3-8(10)9-7-16-6-5-15-9/h1-4,9,15H,5-7H2/t9-/m1/s1. The van der Waals surface area contributed by atoms with Gasteiger partial charge in [0.25, 0.3) is 0 Å². The minimum atomic E-state index is -4.26. The smallest absolute Gasteiger partial charge is 0.378 e. The van der Waals surface area contributed by atoms with Gasteiger partial charge >= 0.3 is 5.51 Å². The molecule has 0 aliphatic carbocycles. The van der Waals surface area contributed by atoms with Gasteiger partial charge in [0.15, 0.2) is 0 Å². The van der Waals surface area contributed by atoms with Gasteiger partial charge in [-0.15, -0.1) is 0 Å². The van der Waals surface area contributed by atoms with Crippen LogP contribution in [0.5, 0.6) is 0 Å². The van der Waals surface area contributed by atoms with Crippen molar-refractivity contribution in [2.75, 3.05) is 19.8 Å². The van der Waals surface area contributed by atoms with Crippen molar-refractivity contribution in [2.45, 2.75) is 16.4 Å². The summed E-state index contributed by atoms with van der Waals surface area (Å²) >= 11 is -0.0745. The van der Waals surface area contributed by atoms with Crippen molar-refractivity contribution in [3.8, 4) is 0 Å². The lowest BCUT2D eigenvalue weighted by Crippen LogP contribution is -2.34. The lowest BCUT2D eigenvalue weighted by Gasteiger charge is -2.26. The molecule has 0 bridgehead atoms. The average molecular weight is 263 g/mol. The Hall–Kier alpha value is -0.720. The first kappa shape index (κ1) is 12.7. The molecule has 17 heavy (non-hydrogen) atoms. The van der Waals surface area contributed by atoms with Crippen LogP contribution in [0.1, 0.15) is 11.6 Å². The number of rotatable bonds is 2. The summed E-state index contributed by atoms with van der Waals surface area (Å²) in [6.45, 7) is 1.68. The monoisotopic (exact) mass is 263 g/mol. The van der Waals surface area contributed by atoms with E-state index in [1.807, 2.05) is 0 Å². The summed E-state index contributed by atoms with van der Waals surface area (Å²) in [6, 6.07) is 6.40. The van der Waals surface area contributed by atoms with Crippen molar-refractivity contribution in [1.29, 1.82) is 0 Å². The highest BCUT2D eigenvalue weighted by molar-refractivity contribution is 8.00. The van der Waals surface area contributed by atoms with Crippen molar-refractivity contribution in [1.82, 2.24) is 5.32 Å². The number of thioether (sulfide) groups is 1. The molecule has 1 aliphatic heterocycles. The molecule has 1 N–H and O–H groups in total. The molecular formula is C11H12F3NOS. The normalized spacial score (nSPS) is 21.5. The Morgan fingerprint density at radius 2 is 2.06 bits per heavy atom. The molecule has 0 unspecified atom stereocenters. The maximum absolute atomic E-state index is 12.4.